The molecule has 6 nitrogen and oxygen atoms in total. The van der Waals surface area contributed by atoms with Crippen LogP contribution >= 0.6 is 23.2 Å². The van der Waals surface area contributed by atoms with E-state index in [0.717, 1.165) is 11.1 Å². The standard InChI is InChI=1S/C22H26Cl2N2O4S/c1-14-4-6-19(9-18(14)10-22(27)28)31(29,30)26-15(2)11-25(12-16(26)3)13-17-5-7-20(23)21(24)8-17/h4-9,15-16H,10-13H2,1-3H3,(H,27,28). The Balaban J connectivity index is 1.80. The largest absolute Gasteiger partial charge is 0.481 e. The maximum atomic E-state index is 13.4. The van der Waals surface area contributed by atoms with E-state index in [9.17, 15) is 13.2 Å². The lowest BCUT2D eigenvalue weighted by molar-refractivity contribution is -0.136. The SMILES string of the molecule is Cc1ccc(S(=O)(=O)N2C(C)CN(Cc3ccc(Cl)c(Cl)c3)CC2C)cc1CC(=O)O. The summed E-state index contributed by atoms with van der Waals surface area (Å²) in [5, 5.41) is 10.1. The average molecular weight is 485 g/mol. The fourth-order valence-corrected chi connectivity index (χ4v) is 6.38. The van der Waals surface area contributed by atoms with Gasteiger partial charge in [0.15, 0.2) is 0 Å². The van der Waals surface area contributed by atoms with Crippen molar-refractivity contribution < 1.29 is 18.3 Å². The lowest BCUT2D eigenvalue weighted by Crippen LogP contribution is -2.58. The van der Waals surface area contributed by atoms with E-state index in [2.05, 4.69) is 4.90 Å². The van der Waals surface area contributed by atoms with Gasteiger partial charge in [-0.1, -0.05) is 35.3 Å². The fraction of sp³-hybridized carbons (Fsp3) is 0.409. The number of carboxylic acids is 1. The Morgan fingerprint density at radius 2 is 1.71 bits per heavy atom. The third kappa shape index (κ3) is 5.41. The number of piperazine rings is 1. The third-order valence-corrected chi connectivity index (χ3v) is 8.41. The molecule has 31 heavy (non-hydrogen) atoms. The van der Waals surface area contributed by atoms with E-state index in [1.165, 1.54) is 10.4 Å². The summed E-state index contributed by atoms with van der Waals surface area (Å²) in [6.45, 7) is 7.34. The molecule has 0 amide bonds. The van der Waals surface area contributed by atoms with E-state index in [1.54, 1.807) is 25.1 Å². The van der Waals surface area contributed by atoms with Crippen molar-refractivity contribution in [3.05, 3.63) is 63.1 Å². The summed E-state index contributed by atoms with van der Waals surface area (Å²) in [7, 11) is -3.77. The van der Waals surface area contributed by atoms with Crippen LogP contribution in [0.4, 0.5) is 0 Å². The number of rotatable bonds is 6. The maximum absolute atomic E-state index is 13.4. The topological polar surface area (TPSA) is 77.9 Å². The molecular weight excluding hydrogens is 459 g/mol. The minimum Gasteiger partial charge on any atom is -0.481 e. The van der Waals surface area contributed by atoms with Gasteiger partial charge in [0.2, 0.25) is 10.0 Å². The van der Waals surface area contributed by atoms with Crippen molar-refractivity contribution in [3.63, 3.8) is 0 Å². The molecule has 0 aromatic heterocycles. The highest BCUT2D eigenvalue weighted by Crippen LogP contribution is 2.29. The predicted octanol–water partition coefficient (Wildman–Crippen LogP) is 4.21. The van der Waals surface area contributed by atoms with Gasteiger partial charge in [-0.3, -0.25) is 9.69 Å². The Bertz CT molecular complexity index is 1080. The normalized spacial score (nSPS) is 20.7. The minimum atomic E-state index is -3.77. The molecular formula is C22H26Cl2N2O4S. The molecule has 2 atom stereocenters. The first-order valence-corrected chi connectivity index (χ1v) is 12.2. The Kier molecular flexibility index (Phi) is 7.33. The summed E-state index contributed by atoms with van der Waals surface area (Å²) >= 11 is 12.1. The Morgan fingerprint density at radius 1 is 1.06 bits per heavy atom. The Hall–Kier alpha value is -1.64. The van der Waals surface area contributed by atoms with Gasteiger partial charge in [-0.2, -0.15) is 4.31 Å². The van der Waals surface area contributed by atoms with Gasteiger partial charge in [0, 0.05) is 31.7 Å². The summed E-state index contributed by atoms with van der Waals surface area (Å²) in [5.74, 6) is -0.990. The third-order valence-electron chi connectivity index (χ3n) is 5.54. The number of nitrogens with zero attached hydrogens (tertiary/aromatic N) is 2. The van der Waals surface area contributed by atoms with Gasteiger partial charge >= 0.3 is 5.97 Å². The second-order valence-electron chi connectivity index (χ2n) is 8.13. The van der Waals surface area contributed by atoms with Gasteiger partial charge in [-0.25, -0.2) is 8.42 Å². The molecule has 1 heterocycles. The van der Waals surface area contributed by atoms with Crippen LogP contribution < -0.4 is 0 Å². The van der Waals surface area contributed by atoms with Gasteiger partial charge in [-0.05, 0) is 61.7 Å². The predicted molar refractivity (Wildman–Crippen MR) is 122 cm³/mol. The monoisotopic (exact) mass is 484 g/mol. The minimum absolute atomic E-state index is 0.131. The molecule has 2 unspecified atom stereocenters. The fourth-order valence-electron chi connectivity index (χ4n) is 4.20. The summed E-state index contributed by atoms with van der Waals surface area (Å²) in [5.41, 5.74) is 2.28. The number of aryl methyl sites for hydroxylation is 1. The van der Waals surface area contributed by atoms with Crippen molar-refractivity contribution in [1.82, 2.24) is 9.21 Å². The first-order chi connectivity index (χ1) is 14.5. The highest BCUT2D eigenvalue weighted by molar-refractivity contribution is 7.89. The molecule has 0 saturated carbocycles. The molecule has 2 aromatic rings. The number of carbonyl (C=O) groups is 1. The first kappa shape index (κ1) is 24.0. The number of halogens is 2. The molecule has 0 aliphatic carbocycles. The van der Waals surface area contributed by atoms with Crippen LogP contribution in [0.1, 0.15) is 30.5 Å². The second-order valence-corrected chi connectivity index (χ2v) is 10.8. The molecule has 168 valence electrons. The van der Waals surface area contributed by atoms with Gasteiger partial charge in [0.25, 0.3) is 0 Å². The van der Waals surface area contributed by atoms with Gasteiger partial charge in [0.1, 0.15) is 0 Å². The number of sulfonamides is 1. The number of hydrogen-bond donors (Lipinski definition) is 1. The molecule has 0 bridgehead atoms. The smallest absolute Gasteiger partial charge is 0.307 e. The molecule has 9 heteroatoms. The molecule has 2 aromatic carbocycles. The Labute approximate surface area is 193 Å². The van der Waals surface area contributed by atoms with Crippen LogP contribution in [0.5, 0.6) is 0 Å². The van der Waals surface area contributed by atoms with E-state index in [4.69, 9.17) is 28.3 Å². The summed E-state index contributed by atoms with van der Waals surface area (Å²) in [6, 6.07) is 9.72. The quantitative estimate of drug-likeness (QED) is 0.663. The van der Waals surface area contributed by atoms with Crippen LogP contribution in [0, 0.1) is 6.92 Å². The highest BCUT2D eigenvalue weighted by atomic mass is 35.5. The van der Waals surface area contributed by atoms with Gasteiger partial charge in [0.05, 0.1) is 21.4 Å². The number of aliphatic carboxylic acids is 1. The second kappa shape index (κ2) is 9.46. The van der Waals surface area contributed by atoms with E-state index >= 15 is 0 Å². The molecule has 0 radical (unpaired) electrons. The lowest BCUT2D eigenvalue weighted by atomic mass is 10.1. The Morgan fingerprint density at radius 3 is 2.29 bits per heavy atom. The van der Waals surface area contributed by atoms with Crippen LogP contribution in [0.3, 0.4) is 0 Å². The van der Waals surface area contributed by atoms with Gasteiger partial charge in [-0.15, -0.1) is 0 Å². The molecule has 0 spiro atoms. The van der Waals surface area contributed by atoms with Crippen LogP contribution in [-0.4, -0.2) is 53.9 Å². The summed E-state index contributed by atoms with van der Waals surface area (Å²) in [6.07, 6.45) is -0.211. The van der Waals surface area contributed by atoms with Crippen molar-refractivity contribution >= 4 is 39.2 Å². The summed E-state index contributed by atoms with van der Waals surface area (Å²) in [4.78, 5) is 13.5. The molecule has 1 saturated heterocycles. The van der Waals surface area contributed by atoms with Gasteiger partial charge < -0.3 is 5.11 Å². The zero-order valence-electron chi connectivity index (χ0n) is 17.7. The number of hydrogen-bond acceptors (Lipinski definition) is 4. The van der Waals surface area contributed by atoms with Crippen molar-refractivity contribution in [2.75, 3.05) is 13.1 Å². The van der Waals surface area contributed by atoms with Crippen molar-refractivity contribution in [1.29, 1.82) is 0 Å². The number of benzene rings is 2. The van der Waals surface area contributed by atoms with Crippen LogP contribution in [0.15, 0.2) is 41.3 Å². The molecule has 1 aliphatic rings. The summed E-state index contributed by atoms with van der Waals surface area (Å²) < 4.78 is 28.4. The van der Waals surface area contributed by atoms with E-state index in [-0.39, 0.29) is 23.4 Å². The zero-order valence-corrected chi connectivity index (χ0v) is 20.0. The van der Waals surface area contributed by atoms with Crippen LogP contribution in [-0.2, 0) is 27.8 Å². The molecule has 1 N–H and O–H groups in total. The van der Waals surface area contributed by atoms with Crippen molar-refractivity contribution in [2.45, 2.75) is 50.7 Å². The van der Waals surface area contributed by atoms with E-state index < -0.39 is 16.0 Å². The molecule has 3 rings (SSSR count). The molecule has 1 aliphatic heterocycles. The maximum Gasteiger partial charge on any atom is 0.307 e. The highest BCUT2D eigenvalue weighted by Gasteiger charge is 2.38. The average Bonchev–Trinajstić information content (AvgIpc) is 2.65. The zero-order chi connectivity index (χ0) is 22.9. The molecule has 1 fully saturated rings. The van der Waals surface area contributed by atoms with Crippen molar-refractivity contribution in [2.24, 2.45) is 0 Å². The van der Waals surface area contributed by atoms with E-state index in [0.29, 0.717) is 35.2 Å². The van der Waals surface area contributed by atoms with Crippen LogP contribution in [0.25, 0.3) is 0 Å². The lowest BCUT2D eigenvalue weighted by Gasteiger charge is -2.43. The number of carboxylic acid groups (broad SMARTS) is 1. The van der Waals surface area contributed by atoms with E-state index in [1.807, 2.05) is 26.0 Å². The van der Waals surface area contributed by atoms with Crippen molar-refractivity contribution in [3.8, 4) is 0 Å². The first-order valence-electron chi connectivity index (χ1n) is 10.00. The van der Waals surface area contributed by atoms with Crippen LogP contribution in [0.2, 0.25) is 10.0 Å².